The van der Waals surface area contributed by atoms with Gasteiger partial charge in [0.25, 0.3) is 0 Å². The molecule has 0 fully saturated rings. The van der Waals surface area contributed by atoms with Crippen LogP contribution in [0.5, 0.6) is 0 Å². The molecule has 1 N–H and O–H groups in total. The van der Waals surface area contributed by atoms with Crippen LogP contribution in [0.2, 0.25) is 0 Å². The van der Waals surface area contributed by atoms with Gasteiger partial charge in [0, 0.05) is 23.8 Å². The van der Waals surface area contributed by atoms with Crippen LogP contribution in [-0.2, 0) is 22.1 Å². The number of anilines is 1. The summed E-state index contributed by atoms with van der Waals surface area (Å²) in [4.78, 5) is 4.60. The van der Waals surface area contributed by atoms with Crippen molar-refractivity contribution >= 4 is 21.2 Å². The quantitative estimate of drug-likeness (QED) is 0.773. The van der Waals surface area contributed by atoms with Crippen molar-refractivity contribution in [3.05, 3.63) is 65.1 Å². The summed E-state index contributed by atoms with van der Waals surface area (Å²) in [7, 11) is -3.05. The van der Waals surface area contributed by atoms with Crippen molar-refractivity contribution in [2.24, 2.45) is 0 Å². The van der Waals surface area contributed by atoms with E-state index in [0.29, 0.717) is 6.54 Å². The van der Waals surface area contributed by atoms with Crippen molar-refractivity contribution in [2.75, 3.05) is 11.6 Å². The molecule has 0 atom stereocenters. The van der Waals surface area contributed by atoms with Crippen LogP contribution in [0.1, 0.15) is 22.5 Å². The van der Waals surface area contributed by atoms with Crippen LogP contribution < -0.4 is 5.32 Å². The van der Waals surface area contributed by atoms with Gasteiger partial charge < -0.3 is 9.72 Å². The Bertz CT molecular complexity index is 991. The second kappa shape index (κ2) is 6.28. The Morgan fingerprint density at radius 2 is 1.88 bits per heavy atom. The van der Waals surface area contributed by atoms with E-state index in [0.717, 1.165) is 33.8 Å². The van der Waals surface area contributed by atoms with Crippen molar-refractivity contribution in [1.29, 1.82) is 0 Å². The van der Waals surface area contributed by atoms with Crippen molar-refractivity contribution in [1.82, 2.24) is 9.38 Å². The van der Waals surface area contributed by atoms with Gasteiger partial charge in [-0.15, -0.1) is 0 Å². The van der Waals surface area contributed by atoms with Crippen LogP contribution in [-0.4, -0.2) is 24.1 Å². The van der Waals surface area contributed by atoms with Crippen LogP contribution >= 0.6 is 0 Å². The highest BCUT2D eigenvalue weighted by atomic mass is 32.2. The molecule has 1 aromatic carbocycles. The van der Waals surface area contributed by atoms with Crippen molar-refractivity contribution in [2.45, 2.75) is 26.1 Å². The molecule has 3 aromatic rings. The predicted octanol–water partition coefficient (Wildman–Crippen LogP) is 3.11. The van der Waals surface area contributed by atoms with Crippen molar-refractivity contribution < 1.29 is 8.42 Å². The van der Waals surface area contributed by atoms with E-state index in [-0.39, 0.29) is 5.75 Å². The molecule has 0 spiro atoms. The van der Waals surface area contributed by atoms with Gasteiger partial charge in [0.15, 0.2) is 9.84 Å². The van der Waals surface area contributed by atoms with Gasteiger partial charge in [0.1, 0.15) is 5.65 Å². The lowest BCUT2D eigenvalue weighted by molar-refractivity contribution is 0.601. The average molecular weight is 343 g/mol. The van der Waals surface area contributed by atoms with Gasteiger partial charge in [0.05, 0.1) is 18.0 Å². The van der Waals surface area contributed by atoms with Crippen molar-refractivity contribution in [3.8, 4) is 0 Å². The molecule has 0 saturated carbocycles. The summed E-state index contributed by atoms with van der Waals surface area (Å²) in [6, 6.07) is 11.7. The van der Waals surface area contributed by atoms with E-state index in [2.05, 4.69) is 14.7 Å². The molecule has 0 bridgehead atoms. The summed E-state index contributed by atoms with van der Waals surface area (Å²) in [6.07, 6.45) is 3.28. The zero-order valence-electron chi connectivity index (χ0n) is 14.1. The second-order valence-corrected chi connectivity index (χ2v) is 8.28. The average Bonchev–Trinajstić information content (AvgIpc) is 2.91. The third kappa shape index (κ3) is 3.59. The number of pyridine rings is 1. The maximum Gasteiger partial charge on any atom is 0.151 e. The van der Waals surface area contributed by atoms with Crippen LogP contribution in [0.4, 0.5) is 5.69 Å². The SMILES string of the molecule is Cc1c(CS(C)(=O)=O)cccc1NCc1cn2c(C)cccc2n1. The van der Waals surface area contributed by atoms with Crippen LogP contribution in [0, 0.1) is 13.8 Å². The molecule has 2 aromatic heterocycles. The summed E-state index contributed by atoms with van der Waals surface area (Å²) in [5.41, 5.74) is 5.73. The summed E-state index contributed by atoms with van der Waals surface area (Å²) in [5, 5.41) is 3.37. The Balaban J connectivity index is 1.81. The fraction of sp³-hybridized carbons (Fsp3) is 0.278. The molecular weight excluding hydrogens is 322 g/mol. The first-order valence-electron chi connectivity index (χ1n) is 7.77. The molecule has 6 heteroatoms. The normalized spacial score (nSPS) is 11.8. The Kier molecular flexibility index (Phi) is 4.32. The molecule has 3 rings (SSSR count). The molecule has 24 heavy (non-hydrogen) atoms. The molecule has 5 nitrogen and oxygen atoms in total. The van der Waals surface area contributed by atoms with Gasteiger partial charge in [-0.05, 0) is 43.2 Å². The minimum absolute atomic E-state index is 0.0575. The van der Waals surface area contributed by atoms with Crippen LogP contribution in [0.25, 0.3) is 5.65 Å². The number of nitrogens with one attached hydrogen (secondary N) is 1. The topological polar surface area (TPSA) is 63.5 Å². The Labute approximate surface area is 142 Å². The third-order valence-electron chi connectivity index (χ3n) is 4.07. The number of nitrogens with zero attached hydrogens (tertiary/aromatic N) is 2. The summed E-state index contributed by atoms with van der Waals surface area (Å²) in [5.74, 6) is 0.0575. The molecule has 0 aliphatic rings. The number of imidazole rings is 1. The minimum Gasteiger partial charge on any atom is -0.379 e. The zero-order chi connectivity index (χ0) is 17.3. The lowest BCUT2D eigenvalue weighted by atomic mass is 10.1. The number of aromatic nitrogens is 2. The fourth-order valence-corrected chi connectivity index (χ4v) is 3.66. The number of hydrogen-bond acceptors (Lipinski definition) is 4. The van der Waals surface area contributed by atoms with Crippen molar-refractivity contribution in [3.63, 3.8) is 0 Å². The largest absolute Gasteiger partial charge is 0.379 e. The number of sulfone groups is 1. The predicted molar refractivity (Wildman–Crippen MR) is 97.0 cm³/mol. The Morgan fingerprint density at radius 1 is 1.12 bits per heavy atom. The molecule has 0 aliphatic heterocycles. The van der Waals surface area contributed by atoms with Gasteiger partial charge in [-0.3, -0.25) is 0 Å². The maximum atomic E-state index is 11.5. The van der Waals surface area contributed by atoms with Gasteiger partial charge in [-0.1, -0.05) is 18.2 Å². The smallest absolute Gasteiger partial charge is 0.151 e. The summed E-state index contributed by atoms with van der Waals surface area (Å²) < 4.78 is 25.1. The number of rotatable bonds is 5. The molecule has 0 radical (unpaired) electrons. The van der Waals surface area contributed by atoms with E-state index in [1.54, 1.807) is 0 Å². The minimum atomic E-state index is -3.05. The number of benzene rings is 1. The van der Waals surface area contributed by atoms with Crippen LogP contribution in [0.15, 0.2) is 42.6 Å². The maximum absolute atomic E-state index is 11.5. The van der Waals surface area contributed by atoms with Crippen LogP contribution in [0.3, 0.4) is 0 Å². The third-order valence-corrected chi connectivity index (χ3v) is 4.90. The molecule has 0 saturated heterocycles. The molecular formula is C18H21N3O2S. The fourth-order valence-electron chi connectivity index (χ4n) is 2.78. The van der Waals surface area contributed by atoms with Gasteiger partial charge in [0.2, 0.25) is 0 Å². The zero-order valence-corrected chi connectivity index (χ0v) is 14.9. The van der Waals surface area contributed by atoms with Gasteiger partial charge in [-0.25, -0.2) is 13.4 Å². The molecule has 0 aliphatic carbocycles. The first-order chi connectivity index (χ1) is 11.3. The van der Waals surface area contributed by atoms with E-state index >= 15 is 0 Å². The monoisotopic (exact) mass is 343 g/mol. The lowest BCUT2D eigenvalue weighted by Crippen LogP contribution is -2.06. The number of hydrogen-bond donors (Lipinski definition) is 1. The summed E-state index contributed by atoms with van der Waals surface area (Å²) in [6.45, 7) is 4.58. The van der Waals surface area contributed by atoms with Gasteiger partial charge >= 0.3 is 0 Å². The second-order valence-electron chi connectivity index (χ2n) is 6.14. The highest BCUT2D eigenvalue weighted by molar-refractivity contribution is 7.89. The molecule has 0 amide bonds. The van der Waals surface area contributed by atoms with Gasteiger partial charge in [-0.2, -0.15) is 0 Å². The van der Waals surface area contributed by atoms with E-state index in [1.165, 1.54) is 6.26 Å². The molecule has 2 heterocycles. The highest BCUT2D eigenvalue weighted by Gasteiger charge is 2.10. The molecule has 126 valence electrons. The van der Waals surface area contributed by atoms with E-state index < -0.39 is 9.84 Å². The van der Waals surface area contributed by atoms with E-state index in [4.69, 9.17) is 0 Å². The Morgan fingerprint density at radius 3 is 2.58 bits per heavy atom. The Hall–Kier alpha value is -2.34. The number of fused-ring (bicyclic) bond motifs is 1. The lowest BCUT2D eigenvalue weighted by Gasteiger charge is -2.12. The standard InChI is InChI=1S/C18H21N3O2S/c1-13-6-4-9-18-20-16(11-21(13)18)10-19-17-8-5-7-15(14(17)2)12-24(3,22)23/h4-9,11,19H,10,12H2,1-3H3. The highest BCUT2D eigenvalue weighted by Crippen LogP contribution is 2.21. The first kappa shape index (κ1) is 16.5. The van der Waals surface area contributed by atoms with E-state index in [1.807, 2.05) is 56.4 Å². The first-order valence-corrected chi connectivity index (χ1v) is 9.83. The summed E-state index contributed by atoms with van der Waals surface area (Å²) >= 11 is 0. The number of aryl methyl sites for hydroxylation is 1. The molecule has 0 unspecified atom stereocenters. The van der Waals surface area contributed by atoms with E-state index in [9.17, 15) is 8.42 Å².